The molecule has 3 aromatic rings. The van der Waals surface area contributed by atoms with Gasteiger partial charge in [-0.05, 0) is 30.3 Å². The van der Waals surface area contributed by atoms with Gasteiger partial charge in [-0.2, -0.15) is 0 Å². The van der Waals surface area contributed by atoms with Crippen LogP contribution in [0.1, 0.15) is 16.8 Å². The normalized spacial score (nSPS) is 17.9. The number of pyridine rings is 1. The van der Waals surface area contributed by atoms with Crippen LogP contribution in [0.3, 0.4) is 0 Å². The third kappa shape index (κ3) is 6.62. The molecule has 3 heterocycles. The van der Waals surface area contributed by atoms with Crippen molar-refractivity contribution >= 4 is 38.6 Å². The van der Waals surface area contributed by atoms with Gasteiger partial charge >= 0.3 is 12.5 Å². The molecule has 0 radical (unpaired) electrons. The molecule has 218 valence electrons. The zero-order valence-corrected chi connectivity index (χ0v) is 22.3. The van der Waals surface area contributed by atoms with Gasteiger partial charge in [0.25, 0.3) is 15.9 Å². The average molecular weight is 595 g/mol. The maximum Gasteiger partial charge on any atom is 0.573 e. The van der Waals surface area contributed by atoms with Crippen LogP contribution in [0.2, 0.25) is 0 Å². The first kappa shape index (κ1) is 28.4. The molecule has 2 aliphatic rings. The smallest absolute Gasteiger partial charge is 0.444 e. The van der Waals surface area contributed by atoms with Gasteiger partial charge in [-0.15, -0.1) is 13.2 Å². The molecule has 2 saturated heterocycles. The second kappa shape index (κ2) is 11.4. The molecule has 1 N–H and O–H groups in total. The minimum absolute atomic E-state index is 0.118. The van der Waals surface area contributed by atoms with Crippen LogP contribution in [0.15, 0.2) is 59.6 Å². The number of hydrogen-bond donors (Lipinski definition) is 1. The van der Waals surface area contributed by atoms with Crippen molar-refractivity contribution in [3.8, 4) is 5.75 Å². The van der Waals surface area contributed by atoms with Gasteiger partial charge in [0.1, 0.15) is 11.0 Å². The van der Waals surface area contributed by atoms with Crippen LogP contribution in [0.25, 0.3) is 10.9 Å². The van der Waals surface area contributed by atoms with Crippen LogP contribution in [-0.4, -0.2) is 87.1 Å². The molecule has 0 spiro atoms. The molecule has 2 fully saturated rings. The maximum absolute atomic E-state index is 13.3. The highest BCUT2D eigenvalue weighted by molar-refractivity contribution is 7.93. The number of carbonyl (C=O) groups excluding carboxylic acids is 2. The zero-order valence-electron chi connectivity index (χ0n) is 21.5. The molecule has 0 unspecified atom stereocenters. The Hall–Kier alpha value is -4.11. The number of sulfonamides is 1. The summed E-state index contributed by atoms with van der Waals surface area (Å²) in [4.78, 5) is 32.2. The number of nitrogens with zero attached hydrogens (tertiary/aromatic N) is 3. The molecule has 11 nitrogen and oxygen atoms in total. The number of alkyl halides is 3. The van der Waals surface area contributed by atoms with Gasteiger partial charge in [0.15, 0.2) is 5.75 Å². The number of amides is 2. The number of aromatic nitrogens is 1. The number of hydrogen-bond acceptors (Lipinski definition) is 8. The van der Waals surface area contributed by atoms with Gasteiger partial charge in [-0.3, -0.25) is 14.5 Å². The van der Waals surface area contributed by atoms with E-state index in [2.05, 4.69) is 14.4 Å². The topological polar surface area (TPSA) is 127 Å². The number of nitrogens with one attached hydrogen (secondary N) is 1. The standard InChI is InChI=1S/C26H25F3N4O7S/c27-26(28,29)40-21-15-18(24(34)32-10-12-33(13-11-32)25(35)39-19-8-14-38-16-19)6-7-20(21)31-41(36,37)22-5-1-3-17-4-2-9-30-23(17)22/h1-7,9,15,19,31H,8,10-14,16H2/t19-/m1/s1. The number of fused-ring (bicyclic) bond motifs is 1. The Labute approximate surface area is 232 Å². The van der Waals surface area contributed by atoms with E-state index in [-0.39, 0.29) is 48.3 Å². The number of carbonyl (C=O) groups is 2. The number of halogens is 3. The van der Waals surface area contributed by atoms with Crippen LogP contribution >= 0.6 is 0 Å². The average Bonchev–Trinajstić information content (AvgIpc) is 3.45. The molecular weight excluding hydrogens is 569 g/mol. The summed E-state index contributed by atoms with van der Waals surface area (Å²) in [7, 11) is -4.41. The van der Waals surface area contributed by atoms with Gasteiger partial charge in [0, 0.05) is 49.7 Å². The molecule has 2 amide bonds. The number of benzene rings is 2. The Kier molecular flexibility index (Phi) is 7.91. The predicted molar refractivity (Wildman–Crippen MR) is 139 cm³/mol. The van der Waals surface area contributed by atoms with Crippen LogP contribution in [0.4, 0.5) is 23.7 Å². The largest absolute Gasteiger partial charge is 0.573 e. The van der Waals surface area contributed by atoms with E-state index in [0.29, 0.717) is 25.0 Å². The Balaban J connectivity index is 1.33. The van der Waals surface area contributed by atoms with Crippen LogP contribution in [-0.2, 0) is 19.5 Å². The third-order valence-electron chi connectivity index (χ3n) is 6.56. The van der Waals surface area contributed by atoms with E-state index < -0.39 is 39.8 Å². The van der Waals surface area contributed by atoms with Crippen molar-refractivity contribution in [3.63, 3.8) is 0 Å². The summed E-state index contributed by atoms with van der Waals surface area (Å²) in [6, 6.07) is 10.7. The minimum atomic E-state index is -5.17. The summed E-state index contributed by atoms with van der Waals surface area (Å²) in [5, 5.41) is 0.518. The molecule has 1 atom stereocenters. The molecular formula is C26H25F3N4O7S. The highest BCUT2D eigenvalue weighted by atomic mass is 32.2. The van der Waals surface area contributed by atoms with Gasteiger partial charge in [-0.25, -0.2) is 13.2 Å². The van der Waals surface area contributed by atoms with E-state index in [1.807, 2.05) is 0 Å². The number of piperazine rings is 1. The Morgan fingerprint density at radius 1 is 1.02 bits per heavy atom. The molecule has 2 aromatic carbocycles. The van der Waals surface area contributed by atoms with Crippen molar-refractivity contribution in [2.24, 2.45) is 0 Å². The van der Waals surface area contributed by atoms with E-state index in [9.17, 15) is 31.2 Å². The van der Waals surface area contributed by atoms with Gasteiger partial charge in [-0.1, -0.05) is 18.2 Å². The first-order valence-electron chi connectivity index (χ1n) is 12.6. The molecule has 41 heavy (non-hydrogen) atoms. The molecule has 1 aromatic heterocycles. The summed E-state index contributed by atoms with van der Waals surface area (Å²) < 4.78 is 83.0. The lowest BCUT2D eigenvalue weighted by atomic mass is 10.1. The Bertz CT molecular complexity index is 1550. The van der Waals surface area contributed by atoms with E-state index in [0.717, 1.165) is 12.1 Å². The van der Waals surface area contributed by atoms with Crippen LogP contribution < -0.4 is 9.46 Å². The van der Waals surface area contributed by atoms with Crippen molar-refractivity contribution < 1.29 is 45.4 Å². The molecule has 0 bridgehead atoms. The maximum atomic E-state index is 13.3. The second-order valence-corrected chi connectivity index (χ2v) is 11.0. The van der Waals surface area contributed by atoms with Crippen molar-refractivity contribution in [1.82, 2.24) is 14.8 Å². The van der Waals surface area contributed by atoms with Gasteiger partial charge < -0.3 is 24.0 Å². The number of para-hydroxylation sites is 1. The summed E-state index contributed by atoms with van der Waals surface area (Å²) in [6.45, 7) is 1.42. The lowest BCUT2D eigenvalue weighted by Gasteiger charge is -2.34. The SMILES string of the molecule is O=C(O[C@@H]1CCOC1)N1CCN(C(=O)c2ccc(NS(=O)(=O)c3cccc4cccnc34)c(OC(F)(F)F)c2)CC1. The van der Waals surface area contributed by atoms with Crippen molar-refractivity contribution in [2.75, 3.05) is 44.1 Å². The fraction of sp³-hybridized carbons (Fsp3) is 0.346. The fourth-order valence-corrected chi connectivity index (χ4v) is 5.79. The van der Waals surface area contributed by atoms with E-state index in [1.165, 1.54) is 34.2 Å². The molecule has 5 rings (SSSR count). The van der Waals surface area contributed by atoms with Crippen molar-refractivity contribution in [2.45, 2.75) is 23.8 Å². The predicted octanol–water partition coefficient (Wildman–Crippen LogP) is 3.62. The number of anilines is 1. The second-order valence-electron chi connectivity index (χ2n) is 9.34. The van der Waals surface area contributed by atoms with E-state index in [4.69, 9.17) is 9.47 Å². The summed E-state index contributed by atoms with van der Waals surface area (Å²) >= 11 is 0. The Morgan fingerprint density at radius 2 is 1.76 bits per heavy atom. The van der Waals surface area contributed by atoms with Crippen molar-refractivity contribution in [3.05, 3.63) is 60.3 Å². The molecule has 0 aliphatic carbocycles. The van der Waals surface area contributed by atoms with Crippen LogP contribution in [0.5, 0.6) is 5.75 Å². The van der Waals surface area contributed by atoms with Gasteiger partial charge in [0.2, 0.25) is 0 Å². The summed E-state index contributed by atoms with van der Waals surface area (Å²) in [5.74, 6) is -1.51. The molecule has 0 saturated carbocycles. The minimum Gasteiger partial charge on any atom is -0.444 e. The summed E-state index contributed by atoms with van der Waals surface area (Å²) in [6.07, 6.45) is -4.00. The Morgan fingerprint density at radius 3 is 2.46 bits per heavy atom. The monoisotopic (exact) mass is 594 g/mol. The first-order chi connectivity index (χ1) is 19.5. The highest BCUT2D eigenvalue weighted by Crippen LogP contribution is 2.34. The quantitative estimate of drug-likeness (QED) is 0.459. The van der Waals surface area contributed by atoms with Crippen LogP contribution in [0, 0.1) is 0 Å². The number of rotatable bonds is 6. The fourth-order valence-electron chi connectivity index (χ4n) is 4.54. The lowest BCUT2D eigenvalue weighted by molar-refractivity contribution is -0.274. The van der Waals surface area contributed by atoms with E-state index >= 15 is 0 Å². The number of ether oxygens (including phenoxy) is 3. The van der Waals surface area contributed by atoms with Gasteiger partial charge in [0.05, 0.1) is 24.4 Å². The molecule has 15 heteroatoms. The zero-order chi connectivity index (χ0) is 29.2. The third-order valence-corrected chi connectivity index (χ3v) is 7.96. The highest BCUT2D eigenvalue weighted by Gasteiger charge is 2.34. The summed E-state index contributed by atoms with van der Waals surface area (Å²) in [5.41, 5.74) is -0.541. The lowest BCUT2D eigenvalue weighted by Crippen LogP contribution is -2.51. The van der Waals surface area contributed by atoms with E-state index in [1.54, 1.807) is 18.2 Å². The van der Waals surface area contributed by atoms with Crippen molar-refractivity contribution in [1.29, 1.82) is 0 Å². The molecule has 2 aliphatic heterocycles. The first-order valence-corrected chi connectivity index (χ1v) is 14.1.